The van der Waals surface area contributed by atoms with E-state index >= 15 is 0 Å². The summed E-state index contributed by atoms with van der Waals surface area (Å²) in [6.45, 7) is 5.26. The number of hydrazine groups is 1. The number of nitrogens with one attached hydrogen (secondary N) is 1. The van der Waals surface area contributed by atoms with Gasteiger partial charge in [0.25, 0.3) is 0 Å². The summed E-state index contributed by atoms with van der Waals surface area (Å²) < 4.78 is 6.22. The molecule has 18 heavy (non-hydrogen) atoms. The fourth-order valence-corrected chi connectivity index (χ4v) is 3.88. The quantitative estimate of drug-likeness (QED) is 0.566. The highest BCUT2D eigenvalue weighted by Gasteiger charge is 2.43. The third-order valence-electron chi connectivity index (χ3n) is 5.05. The second-order valence-electron chi connectivity index (χ2n) is 6.45. The lowest BCUT2D eigenvalue weighted by Gasteiger charge is -2.46. The summed E-state index contributed by atoms with van der Waals surface area (Å²) >= 11 is 0. The summed E-state index contributed by atoms with van der Waals surface area (Å²) in [7, 11) is 0. The van der Waals surface area contributed by atoms with Gasteiger partial charge in [-0.3, -0.25) is 11.3 Å². The molecular weight excluding hydrogens is 224 g/mol. The van der Waals surface area contributed by atoms with Crippen LogP contribution in [0.3, 0.4) is 0 Å². The van der Waals surface area contributed by atoms with Gasteiger partial charge in [-0.05, 0) is 38.0 Å². The van der Waals surface area contributed by atoms with Crippen molar-refractivity contribution in [3.63, 3.8) is 0 Å². The molecule has 0 aromatic rings. The summed E-state index contributed by atoms with van der Waals surface area (Å²) in [5, 5.41) is 0. The fourth-order valence-electron chi connectivity index (χ4n) is 3.88. The lowest BCUT2D eigenvalue weighted by atomic mass is 9.70. The molecule has 3 nitrogen and oxygen atoms in total. The van der Waals surface area contributed by atoms with Gasteiger partial charge in [-0.15, -0.1) is 0 Å². The average molecular weight is 254 g/mol. The zero-order valence-corrected chi connectivity index (χ0v) is 12.1. The van der Waals surface area contributed by atoms with Crippen LogP contribution in [0.2, 0.25) is 0 Å². The van der Waals surface area contributed by atoms with Crippen LogP contribution in [0.1, 0.15) is 65.2 Å². The molecule has 0 aliphatic heterocycles. The van der Waals surface area contributed by atoms with E-state index in [1.807, 2.05) is 0 Å². The molecule has 0 spiro atoms. The van der Waals surface area contributed by atoms with Gasteiger partial charge in [0.1, 0.15) is 0 Å². The third-order valence-corrected chi connectivity index (χ3v) is 5.05. The van der Waals surface area contributed by atoms with Crippen LogP contribution in [0.5, 0.6) is 0 Å². The van der Waals surface area contributed by atoms with Gasteiger partial charge in [-0.1, -0.05) is 39.0 Å². The smallest absolute Gasteiger partial charge is 0.0850 e. The first-order valence-corrected chi connectivity index (χ1v) is 7.80. The van der Waals surface area contributed by atoms with Crippen LogP contribution in [-0.4, -0.2) is 18.2 Å². The van der Waals surface area contributed by atoms with E-state index in [-0.39, 0.29) is 5.60 Å². The first kappa shape index (κ1) is 14.3. The number of rotatable bonds is 6. The van der Waals surface area contributed by atoms with E-state index in [0.29, 0.717) is 6.04 Å². The summed E-state index contributed by atoms with van der Waals surface area (Å²) in [6.07, 6.45) is 10.3. The molecule has 0 saturated heterocycles. The Labute approximate surface area is 112 Å². The highest BCUT2D eigenvalue weighted by atomic mass is 16.5. The first-order chi connectivity index (χ1) is 8.70. The van der Waals surface area contributed by atoms with Crippen molar-refractivity contribution in [1.29, 1.82) is 0 Å². The van der Waals surface area contributed by atoms with E-state index in [2.05, 4.69) is 19.3 Å². The van der Waals surface area contributed by atoms with E-state index in [1.54, 1.807) is 0 Å². The number of hydrogen-bond acceptors (Lipinski definition) is 3. The Kier molecular flexibility index (Phi) is 5.05. The maximum absolute atomic E-state index is 6.22. The van der Waals surface area contributed by atoms with Crippen LogP contribution in [0.4, 0.5) is 0 Å². The molecule has 0 bridgehead atoms. The van der Waals surface area contributed by atoms with Gasteiger partial charge in [-0.2, -0.15) is 0 Å². The number of hydrogen-bond donors (Lipinski definition) is 2. The number of nitrogens with two attached hydrogens (primary N) is 1. The highest BCUT2D eigenvalue weighted by Crippen LogP contribution is 2.41. The largest absolute Gasteiger partial charge is 0.374 e. The molecule has 2 fully saturated rings. The Bertz CT molecular complexity index is 251. The Hall–Kier alpha value is -0.120. The van der Waals surface area contributed by atoms with Crippen molar-refractivity contribution < 1.29 is 4.74 Å². The van der Waals surface area contributed by atoms with Crippen LogP contribution in [0, 0.1) is 11.8 Å². The predicted molar refractivity (Wildman–Crippen MR) is 75.1 cm³/mol. The SMILES string of the molecule is CCOC1(C(CC2CCC2)NN)CCCC(C)C1. The van der Waals surface area contributed by atoms with Gasteiger partial charge in [0.05, 0.1) is 11.6 Å². The standard InChI is InChI=1S/C15H30N2O/c1-3-18-15(9-5-6-12(2)11-15)14(17-16)10-13-7-4-8-13/h12-14,17H,3-11,16H2,1-2H3. The van der Waals surface area contributed by atoms with E-state index in [1.165, 1.54) is 51.4 Å². The second kappa shape index (κ2) is 6.36. The molecular formula is C15H30N2O. The maximum Gasteiger partial charge on any atom is 0.0850 e. The van der Waals surface area contributed by atoms with E-state index < -0.39 is 0 Å². The summed E-state index contributed by atoms with van der Waals surface area (Å²) in [5.41, 5.74) is 3.09. The summed E-state index contributed by atoms with van der Waals surface area (Å²) in [6, 6.07) is 0.338. The zero-order valence-electron chi connectivity index (χ0n) is 12.1. The van der Waals surface area contributed by atoms with Gasteiger partial charge < -0.3 is 4.74 Å². The molecule has 2 aliphatic rings. The van der Waals surface area contributed by atoms with Crippen LogP contribution < -0.4 is 11.3 Å². The molecule has 0 aromatic heterocycles. The fraction of sp³-hybridized carbons (Fsp3) is 1.00. The predicted octanol–water partition coefficient (Wildman–Crippen LogP) is 2.99. The molecule has 2 aliphatic carbocycles. The molecule has 3 atom stereocenters. The Morgan fingerprint density at radius 2 is 2.11 bits per heavy atom. The monoisotopic (exact) mass is 254 g/mol. The molecule has 0 amide bonds. The maximum atomic E-state index is 6.22. The van der Waals surface area contributed by atoms with Crippen LogP contribution >= 0.6 is 0 Å². The molecule has 0 radical (unpaired) electrons. The summed E-state index contributed by atoms with van der Waals surface area (Å²) in [5.74, 6) is 7.50. The van der Waals surface area contributed by atoms with Crippen LogP contribution in [-0.2, 0) is 4.74 Å². The molecule has 2 saturated carbocycles. The van der Waals surface area contributed by atoms with Crippen molar-refractivity contribution in [1.82, 2.24) is 5.43 Å². The van der Waals surface area contributed by atoms with Crippen LogP contribution in [0.25, 0.3) is 0 Å². The van der Waals surface area contributed by atoms with E-state index in [9.17, 15) is 0 Å². The molecule has 3 N–H and O–H groups in total. The molecule has 0 aromatic carbocycles. The molecule has 3 heteroatoms. The third kappa shape index (κ3) is 3.06. The van der Waals surface area contributed by atoms with Gasteiger partial charge in [0.2, 0.25) is 0 Å². The van der Waals surface area contributed by atoms with Crippen molar-refractivity contribution in [3.8, 4) is 0 Å². The van der Waals surface area contributed by atoms with Gasteiger partial charge in [0, 0.05) is 6.61 Å². The topological polar surface area (TPSA) is 47.3 Å². The lowest BCUT2D eigenvalue weighted by Crippen LogP contribution is -2.57. The summed E-state index contributed by atoms with van der Waals surface area (Å²) in [4.78, 5) is 0. The minimum absolute atomic E-state index is 0.00322. The first-order valence-electron chi connectivity index (χ1n) is 7.80. The van der Waals surface area contributed by atoms with Crippen LogP contribution in [0.15, 0.2) is 0 Å². The van der Waals surface area contributed by atoms with Gasteiger partial charge in [-0.25, -0.2) is 0 Å². The molecule has 3 unspecified atom stereocenters. The van der Waals surface area contributed by atoms with Crippen molar-refractivity contribution in [2.75, 3.05) is 6.61 Å². The second-order valence-corrected chi connectivity index (χ2v) is 6.45. The van der Waals surface area contributed by atoms with Gasteiger partial charge >= 0.3 is 0 Å². The van der Waals surface area contributed by atoms with Crippen molar-refractivity contribution in [2.24, 2.45) is 17.7 Å². The van der Waals surface area contributed by atoms with Gasteiger partial charge in [0.15, 0.2) is 0 Å². The molecule has 0 heterocycles. The number of ether oxygens (including phenoxy) is 1. The molecule has 2 rings (SSSR count). The zero-order chi connectivity index (χ0) is 13.0. The Balaban J connectivity index is 2.04. The van der Waals surface area contributed by atoms with Crippen molar-refractivity contribution in [3.05, 3.63) is 0 Å². The van der Waals surface area contributed by atoms with E-state index in [4.69, 9.17) is 10.6 Å². The Morgan fingerprint density at radius 1 is 1.33 bits per heavy atom. The van der Waals surface area contributed by atoms with Crippen molar-refractivity contribution >= 4 is 0 Å². The molecule has 106 valence electrons. The average Bonchev–Trinajstić information content (AvgIpc) is 2.28. The normalized spacial score (nSPS) is 35.2. The Morgan fingerprint density at radius 3 is 2.61 bits per heavy atom. The lowest BCUT2D eigenvalue weighted by molar-refractivity contribution is -0.106. The minimum atomic E-state index is -0.00322. The highest BCUT2D eigenvalue weighted by molar-refractivity contribution is 4.97. The van der Waals surface area contributed by atoms with E-state index in [0.717, 1.165) is 18.4 Å². The van der Waals surface area contributed by atoms with Crippen molar-refractivity contribution in [2.45, 2.75) is 76.9 Å². The minimum Gasteiger partial charge on any atom is -0.374 e.